The third-order valence-electron chi connectivity index (χ3n) is 7.76. The number of pyridine rings is 1. The average molecular weight is 393 g/mol. The van der Waals surface area contributed by atoms with Crippen molar-refractivity contribution >= 4 is 10.8 Å². The Bertz CT molecular complexity index is 1310. The van der Waals surface area contributed by atoms with Crippen LogP contribution in [0.3, 0.4) is 0 Å². The summed E-state index contributed by atoms with van der Waals surface area (Å²) in [6.07, 6.45) is 2.15. The predicted molar refractivity (Wildman–Crippen MR) is 127 cm³/mol. The fourth-order valence-corrected chi connectivity index (χ4v) is 5.49. The summed E-state index contributed by atoms with van der Waals surface area (Å²) in [5, 5.41) is 2.71. The second-order valence-electron chi connectivity index (χ2n) is 9.84. The van der Waals surface area contributed by atoms with Crippen molar-refractivity contribution in [2.45, 2.75) is 45.4 Å². The molecule has 1 aromatic heterocycles. The van der Waals surface area contributed by atoms with Crippen LogP contribution in [0, 0.1) is 6.92 Å². The van der Waals surface area contributed by atoms with Crippen molar-refractivity contribution in [3.63, 3.8) is 0 Å². The Balaban J connectivity index is 1.97. The van der Waals surface area contributed by atoms with E-state index in [-0.39, 0.29) is 10.8 Å². The Labute approximate surface area is 180 Å². The van der Waals surface area contributed by atoms with Crippen molar-refractivity contribution in [1.82, 2.24) is 0 Å². The van der Waals surface area contributed by atoms with Crippen LogP contribution >= 0.6 is 0 Å². The first kappa shape index (κ1) is 19.1. The number of hydrogen-bond donors (Lipinski definition) is 0. The lowest BCUT2D eigenvalue weighted by Gasteiger charge is -2.49. The average Bonchev–Trinajstić information content (AvgIpc) is 2.72. The minimum absolute atomic E-state index is 0.0217. The van der Waals surface area contributed by atoms with Crippen molar-refractivity contribution in [3.05, 3.63) is 89.6 Å². The maximum atomic E-state index is 2.43. The molecule has 0 aliphatic heterocycles. The fourth-order valence-electron chi connectivity index (χ4n) is 5.49. The van der Waals surface area contributed by atoms with Gasteiger partial charge >= 0.3 is 0 Å². The molecule has 5 rings (SSSR count). The number of rotatable bonds is 1. The lowest BCUT2D eigenvalue weighted by atomic mass is 9.53. The van der Waals surface area contributed by atoms with E-state index in [1.807, 2.05) is 0 Å². The van der Waals surface area contributed by atoms with Gasteiger partial charge in [-0.1, -0.05) is 76.2 Å². The number of nitrogens with zero attached hydrogens (tertiary/aromatic N) is 1. The molecule has 1 aliphatic carbocycles. The molecule has 0 bridgehead atoms. The summed E-state index contributed by atoms with van der Waals surface area (Å²) in [4.78, 5) is 0. The Hall–Kier alpha value is -2.93. The van der Waals surface area contributed by atoms with Gasteiger partial charge in [0.15, 0.2) is 6.20 Å². The highest BCUT2D eigenvalue weighted by atomic mass is 14.9. The summed E-state index contributed by atoms with van der Waals surface area (Å²) >= 11 is 0. The third kappa shape index (κ3) is 2.38. The molecular weight excluding hydrogens is 362 g/mol. The molecule has 4 aromatic rings. The van der Waals surface area contributed by atoms with Crippen molar-refractivity contribution in [3.8, 4) is 22.4 Å². The SMILES string of the molecule is Cc1ccc2c(c1-c1cccc[n+]1C)C(C)(C)C(C)(C)c1c-2ccc2ccccc12. The van der Waals surface area contributed by atoms with Gasteiger partial charge in [0.2, 0.25) is 5.69 Å². The van der Waals surface area contributed by atoms with Gasteiger partial charge < -0.3 is 0 Å². The van der Waals surface area contributed by atoms with Gasteiger partial charge in [-0.15, -0.1) is 0 Å². The van der Waals surface area contributed by atoms with E-state index in [1.165, 1.54) is 49.8 Å². The number of fused-ring (bicyclic) bond motifs is 5. The maximum absolute atomic E-state index is 2.43. The van der Waals surface area contributed by atoms with Gasteiger partial charge in [-0.05, 0) is 51.6 Å². The van der Waals surface area contributed by atoms with E-state index in [9.17, 15) is 0 Å². The smallest absolute Gasteiger partial charge is 0.201 e. The summed E-state index contributed by atoms with van der Waals surface area (Å²) in [5.41, 5.74) is 9.64. The number of aromatic nitrogens is 1. The third-order valence-corrected chi connectivity index (χ3v) is 7.76. The number of aryl methyl sites for hydroxylation is 2. The number of hydrogen-bond acceptors (Lipinski definition) is 0. The minimum Gasteiger partial charge on any atom is -0.201 e. The second kappa shape index (κ2) is 6.28. The first-order valence-electron chi connectivity index (χ1n) is 10.9. The Morgan fingerprint density at radius 3 is 2.07 bits per heavy atom. The quantitative estimate of drug-likeness (QED) is 0.311. The first-order chi connectivity index (χ1) is 14.2. The molecular formula is C29H30N+. The van der Waals surface area contributed by atoms with Crippen LogP contribution < -0.4 is 4.57 Å². The van der Waals surface area contributed by atoms with Crippen LogP contribution in [0.2, 0.25) is 0 Å². The van der Waals surface area contributed by atoms with E-state index >= 15 is 0 Å². The molecule has 1 aliphatic rings. The van der Waals surface area contributed by atoms with Gasteiger partial charge in [0.25, 0.3) is 0 Å². The molecule has 0 radical (unpaired) electrons. The zero-order valence-electron chi connectivity index (χ0n) is 18.9. The standard InChI is InChI=1S/C29H30N/c1-19-14-16-23-22-17-15-20-11-7-8-12-21(20)26(22)28(2,3)29(4,5)27(23)25(19)24-13-9-10-18-30(24)6/h7-18H,1-6H3/q+1. The van der Waals surface area contributed by atoms with Crippen LogP contribution in [0.15, 0.2) is 72.9 Å². The molecule has 30 heavy (non-hydrogen) atoms. The summed E-state index contributed by atoms with van der Waals surface area (Å²) in [6.45, 7) is 12.0. The van der Waals surface area contributed by atoms with Crippen LogP contribution in [0.5, 0.6) is 0 Å². The van der Waals surface area contributed by atoms with E-state index in [1.54, 1.807) is 0 Å². The molecule has 1 nitrogen and oxygen atoms in total. The van der Waals surface area contributed by atoms with Gasteiger partial charge in [-0.3, -0.25) is 0 Å². The lowest BCUT2D eigenvalue weighted by Crippen LogP contribution is -2.44. The Kier molecular flexibility index (Phi) is 3.99. The zero-order chi connectivity index (χ0) is 21.3. The highest BCUT2D eigenvalue weighted by Crippen LogP contribution is 2.57. The Morgan fingerprint density at radius 1 is 0.667 bits per heavy atom. The molecule has 0 unspecified atom stereocenters. The largest absolute Gasteiger partial charge is 0.212 e. The monoisotopic (exact) mass is 392 g/mol. The molecule has 0 atom stereocenters. The van der Waals surface area contributed by atoms with Gasteiger partial charge in [-0.25, -0.2) is 4.57 Å². The maximum Gasteiger partial charge on any atom is 0.212 e. The highest BCUT2D eigenvalue weighted by Gasteiger charge is 2.48. The van der Waals surface area contributed by atoms with Gasteiger partial charge in [-0.2, -0.15) is 0 Å². The zero-order valence-corrected chi connectivity index (χ0v) is 18.9. The molecule has 3 aromatic carbocycles. The fraction of sp³-hybridized carbons (Fsp3) is 0.276. The van der Waals surface area contributed by atoms with E-state index in [0.29, 0.717) is 0 Å². The van der Waals surface area contributed by atoms with Crippen molar-refractivity contribution in [1.29, 1.82) is 0 Å². The molecule has 150 valence electrons. The molecule has 1 heteroatoms. The Morgan fingerprint density at radius 2 is 1.30 bits per heavy atom. The molecule has 0 N–H and O–H groups in total. The second-order valence-corrected chi connectivity index (χ2v) is 9.84. The van der Waals surface area contributed by atoms with Crippen LogP contribution in [0.25, 0.3) is 33.2 Å². The summed E-state index contributed by atoms with van der Waals surface area (Å²) in [6, 6.07) is 24.6. The summed E-state index contributed by atoms with van der Waals surface area (Å²) in [5.74, 6) is 0. The molecule has 1 heterocycles. The molecule has 0 amide bonds. The van der Waals surface area contributed by atoms with Crippen LogP contribution in [-0.2, 0) is 17.9 Å². The van der Waals surface area contributed by atoms with E-state index in [2.05, 4.69) is 119 Å². The minimum atomic E-state index is -0.0380. The van der Waals surface area contributed by atoms with Gasteiger partial charge in [0.05, 0.1) is 5.56 Å². The summed E-state index contributed by atoms with van der Waals surface area (Å²) in [7, 11) is 2.15. The van der Waals surface area contributed by atoms with E-state index in [4.69, 9.17) is 0 Å². The van der Waals surface area contributed by atoms with Crippen molar-refractivity contribution in [2.75, 3.05) is 0 Å². The topological polar surface area (TPSA) is 3.88 Å². The molecule has 0 saturated carbocycles. The van der Waals surface area contributed by atoms with Crippen LogP contribution in [0.4, 0.5) is 0 Å². The summed E-state index contributed by atoms with van der Waals surface area (Å²) < 4.78 is 2.25. The highest BCUT2D eigenvalue weighted by molar-refractivity contribution is 5.97. The molecule has 0 saturated heterocycles. The van der Waals surface area contributed by atoms with Crippen LogP contribution in [0.1, 0.15) is 44.4 Å². The normalized spacial score (nSPS) is 16.2. The predicted octanol–water partition coefficient (Wildman–Crippen LogP) is 6.88. The van der Waals surface area contributed by atoms with E-state index in [0.717, 1.165) is 0 Å². The molecule has 0 fully saturated rings. The molecule has 0 spiro atoms. The van der Waals surface area contributed by atoms with Crippen molar-refractivity contribution in [2.24, 2.45) is 7.05 Å². The first-order valence-corrected chi connectivity index (χ1v) is 10.9. The van der Waals surface area contributed by atoms with Crippen molar-refractivity contribution < 1.29 is 4.57 Å². The number of benzene rings is 3. The van der Waals surface area contributed by atoms with Gasteiger partial charge in [0, 0.05) is 23.0 Å². The van der Waals surface area contributed by atoms with Gasteiger partial charge in [0.1, 0.15) is 7.05 Å². The van der Waals surface area contributed by atoms with Crippen LogP contribution in [-0.4, -0.2) is 0 Å². The van der Waals surface area contributed by atoms with E-state index < -0.39 is 0 Å². The lowest BCUT2D eigenvalue weighted by molar-refractivity contribution is -0.660.